The Morgan fingerprint density at radius 1 is 1.33 bits per heavy atom. The maximum absolute atomic E-state index is 13.1. The molecule has 0 aliphatic rings. The first-order valence-electron chi connectivity index (χ1n) is 4.84. The first kappa shape index (κ1) is 11.6. The maximum atomic E-state index is 13.1. The van der Waals surface area contributed by atoms with Crippen molar-refractivity contribution in [2.45, 2.75) is 19.8 Å². The van der Waals surface area contributed by atoms with Gasteiger partial charge in [0.15, 0.2) is 0 Å². The van der Waals surface area contributed by atoms with Crippen LogP contribution in [0.15, 0.2) is 18.2 Å². The maximum Gasteiger partial charge on any atom is 0.224 e. The molecule has 1 N–H and O–H groups in total. The zero-order valence-corrected chi connectivity index (χ0v) is 8.52. The molecule has 15 heavy (non-hydrogen) atoms. The molecule has 0 saturated heterocycles. The van der Waals surface area contributed by atoms with Crippen molar-refractivity contribution in [2.75, 3.05) is 6.54 Å². The Kier molecular flexibility index (Phi) is 4.21. The number of carbonyl (C=O) groups is 1. The minimum absolute atomic E-state index is 0.175. The summed E-state index contributed by atoms with van der Waals surface area (Å²) in [5.41, 5.74) is -0.175. The SMILES string of the molecule is CCCNC(=O)Cc1c(F)cccc1F. The first-order valence-corrected chi connectivity index (χ1v) is 4.84. The quantitative estimate of drug-likeness (QED) is 0.814. The van der Waals surface area contributed by atoms with E-state index in [2.05, 4.69) is 5.32 Å². The van der Waals surface area contributed by atoms with Crippen molar-refractivity contribution in [1.29, 1.82) is 0 Å². The van der Waals surface area contributed by atoms with Crippen LogP contribution in [0, 0.1) is 11.6 Å². The van der Waals surface area contributed by atoms with Crippen LogP contribution < -0.4 is 5.32 Å². The van der Waals surface area contributed by atoms with Gasteiger partial charge in [-0.25, -0.2) is 8.78 Å². The summed E-state index contributed by atoms with van der Waals surface area (Å²) >= 11 is 0. The summed E-state index contributed by atoms with van der Waals surface area (Å²) in [4.78, 5) is 11.2. The molecule has 0 saturated carbocycles. The van der Waals surface area contributed by atoms with Crippen molar-refractivity contribution in [1.82, 2.24) is 5.32 Å². The molecule has 1 aromatic carbocycles. The van der Waals surface area contributed by atoms with Crippen LogP contribution in [-0.2, 0) is 11.2 Å². The van der Waals surface area contributed by atoms with Crippen LogP contribution in [0.25, 0.3) is 0 Å². The van der Waals surface area contributed by atoms with Crippen LogP contribution in [-0.4, -0.2) is 12.5 Å². The summed E-state index contributed by atoms with van der Waals surface area (Å²) in [6.45, 7) is 2.43. The molecular weight excluding hydrogens is 200 g/mol. The largest absolute Gasteiger partial charge is 0.356 e. The highest BCUT2D eigenvalue weighted by Crippen LogP contribution is 2.12. The molecule has 0 spiro atoms. The molecule has 82 valence electrons. The molecule has 0 unspecified atom stereocenters. The van der Waals surface area contributed by atoms with E-state index in [0.717, 1.165) is 18.6 Å². The monoisotopic (exact) mass is 213 g/mol. The van der Waals surface area contributed by atoms with Gasteiger partial charge < -0.3 is 5.32 Å². The molecule has 4 heteroatoms. The second kappa shape index (κ2) is 5.44. The third-order valence-corrected chi connectivity index (χ3v) is 1.97. The van der Waals surface area contributed by atoms with Crippen LogP contribution in [0.1, 0.15) is 18.9 Å². The van der Waals surface area contributed by atoms with Crippen LogP contribution in [0.4, 0.5) is 8.78 Å². The molecular formula is C11H13F2NO. The lowest BCUT2D eigenvalue weighted by Gasteiger charge is -2.05. The van der Waals surface area contributed by atoms with Gasteiger partial charge in [-0.3, -0.25) is 4.79 Å². The fourth-order valence-corrected chi connectivity index (χ4v) is 1.19. The Bertz CT molecular complexity index is 332. The molecule has 1 amide bonds. The highest BCUT2D eigenvalue weighted by molar-refractivity contribution is 5.78. The normalized spacial score (nSPS) is 10.1. The number of benzene rings is 1. The van der Waals surface area contributed by atoms with E-state index < -0.39 is 11.6 Å². The van der Waals surface area contributed by atoms with Crippen LogP contribution >= 0.6 is 0 Å². The number of halogens is 2. The summed E-state index contributed by atoms with van der Waals surface area (Å²) in [5, 5.41) is 2.56. The molecule has 1 aromatic rings. The van der Waals surface area contributed by atoms with E-state index in [-0.39, 0.29) is 17.9 Å². The summed E-state index contributed by atoms with van der Waals surface area (Å²) in [6.07, 6.45) is 0.546. The van der Waals surface area contributed by atoms with Crippen LogP contribution in [0.3, 0.4) is 0 Å². The Hall–Kier alpha value is -1.45. The minimum Gasteiger partial charge on any atom is -0.356 e. The number of hydrogen-bond acceptors (Lipinski definition) is 1. The van der Waals surface area contributed by atoms with Gasteiger partial charge >= 0.3 is 0 Å². The number of carbonyl (C=O) groups excluding carboxylic acids is 1. The zero-order chi connectivity index (χ0) is 11.3. The number of nitrogens with one attached hydrogen (secondary N) is 1. The highest BCUT2D eigenvalue weighted by atomic mass is 19.1. The van der Waals surface area contributed by atoms with E-state index >= 15 is 0 Å². The van der Waals surface area contributed by atoms with Gasteiger partial charge in [-0.05, 0) is 18.6 Å². The summed E-state index contributed by atoms with van der Waals surface area (Å²) < 4.78 is 26.2. The third kappa shape index (κ3) is 3.31. The van der Waals surface area contributed by atoms with Crippen molar-refractivity contribution in [3.05, 3.63) is 35.4 Å². The third-order valence-electron chi connectivity index (χ3n) is 1.97. The number of hydrogen-bond donors (Lipinski definition) is 1. The van der Waals surface area contributed by atoms with Gasteiger partial charge in [-0.15, -0.1) is 0 Å². The predicted molar refractivity (Wildman–Crippen MR) is 53.4 cm³/mol. The topological polar surface area (TPSA) is 29.1 Å². The molecule has 0 bridgehead atoms. The Morgan fingerprint density at radius 3 is 2.47 bits per heavy atom. The second-order valence-corrected chi connectivity index (χ2v) is 3.23. The van der Waals surface area contributed by atoms with Crippen molar-refractivity contribution >= 4 is 5.91 Å². The van der Waals surface area contributed by atoms with Crippen LogP contribution in [0.2, 0.25) is 0 Å². The van der Waals surface area contributed by atoms with E-state index in [9.17, 15) is 13.6 Å². The van der Waals surface area contributed by atoms with Crippen LogP contribution in [0.5, 0.6) is 0 Å². The molecule has 0 aliphatic carbocycles. The second-order valence-electron chi connectivity index (χ2n) is 3.23. The lowest BCUT2D eigenvalue weighted by Crippen LogP contribution is -2.26. The number of rotatable bonds is 4. The molecule has 0 fully saturated rings. The van der Waals surface area contributed by atoms with E-state index in [0.29, 0.717) is 6.54 Å². The van der Waals surface area contributed by atoms with Crippen molar-refractivity contribution in [3.8, 4) is 0 Å². The average molecular weight is 213 g/mol. The van der Waals surface area contributed by atoms with E-state index in [1.54, 1.807) is 0 Å². The predicted octanol–water partition coefficient (Wildman–Crippen LogP) is 2.03. The first-order chi connectivity index (χ1) is 7.15. The minimum atomic E-state index is -0.679. The van der Waals surface area contributed by atoms with E-state index in [1.807, 2.05) is 6.92 Å². The van der Waals surface area contributed by atoms with Crippen molar-refractivity contribution in [2.24, 2.45) is 0 Å². The Labute approximate surface area is 87.3 Å². The fraction of sp³-hybridized carbons (Fsp3) is 0.364. The molecule has 0 aromatic heterocycles. The van der Waals surface area contributed by atoms with E-state index in [4.69, 9.17) is 0 Å². The zero-order valence-electron chi connectivity index (χ0n) is 8.52. The lowest BCUT2D eigenvalue weighted by molar-refractivity contribution is -0.120. The molecule has 0 heterocycles. The lowest BCUT2D eigenvalue weighted by atomic mass is 10.1. The summed E-state index contributed by atoms with van der Waals surface area (Å²) in [5.74, 6) is -1.72. The molecule has 1 rings (SSSR count). The van der Waals surface area contributed by atoms with Gasteiger partial charge in [0.05, 0.1) is 6.42 Å². The Balaban J connectivity index is 2.68. The van der Waals surface area contributed by atoms with Crippen molar-refractivity contribution in [3.63, 3.8) is 0 Å². The molecule has 2 nitrogen and oxygen atoms in total. The van der Waals surface area contributed by atoms with Crippen molar-refractivity contribution < 1.29 is 13.6 Å². The fourth-order valence-electron chi connectivity index (χ4n) is 1.19. The van der Waals surface area contributed by atoms with Gasteiger partial charge in [-0.2, -0.15) is 0 Å². The van der Waals surface area contributed by atoms with E-state index in [1.165, 1.54) is 6.07 Å². The summed E-state index contributed by atoms with van der Waals surface area (Å²) in [7, 11) is 0. The molecule has 0 atom stereocenters. The van der Waals surface area contributed by atoms with Gasteiger partial charge in [0.2, 0.25) is 5.91 Å². The highest BCUT2D eigenvalue weighted by Gasteiger charge is 2.11. The summed E-state index contributed by atoms with van der Waals surface area (Å²) in [6, 6.07) is 3.56. The molecule has 0 aliphatic heterocycles. The smallest absolute Gasteiger partial charge is 0.224 e. The van der Waals surface area contributed by atoms with Gasteiger partial charge in [0.1, 0.15) is 11.6 Å². The van der Waals surface area contributed by atoms with Gasteiger partial charge in [0, 0.05) is 12.1 Å². The molecule has 0 radical (unpaired) electrons. The standard InChI is InChI=1S/C11H13F2NO/c1-2-6-14-11(15)7-8-9(12)4-3-5-10(8)13/h3-5H,2,6-7H2,1H3,(H,14,15). The Morgan fingerprint density at radius 2 is 1.93 bits per heavy atom. The van der Waals surface area contributed by atoms with Gasteiger partial charge in [0.25, 0.3) is 0 Å². The average Bonchev–Trinajstić information content (AvgIpc) is 2.21. The van der Waals surface area contributed by atoms with Gasteiger partial charge in [-0.1, -0.05) is 13.0 Å². The number of amides is 1.